The van der Waals surface area contributed by atoms with Gasteiger partial charge in [-0.1, -0.05) is 43.5 Å². The van der Waals surface area contributed by atoms with Gasteiger partial charge < -0.3 is 10.0 Å². The van der Waals surface area contributed by atoms with Crippen molar-refractivity contribution in [2.75, 3.05) is 11.4 Å². The molecular weight excluding hydrogens is 575 g/mol. The van der Waals surface area contributed by atoms with E-state index in [0.29, 0.717) is 30.6 Å². The fraction of sp³-hybridized carbons (Fsp3) is 0.355. The van der Waals surface area contributed by atoms with Gasteiger partial charge in [0.1, 0.15) is 10.6 Å². The fourth-order valence-electron chi connectivity index (χ4n) is 5.67. The van der Waals surface area contributed by atoms with Gasteiger partial charge in [-0.15, -0.1) is 0 Å². The van der Waals surface area contributed by atoms with E-state index in [4.69, 9.17) is 0 Å². The molecule has 1 amide bonds. The molecule has 0 aromatic heterocycles. The first-order chi connectivity index (χ1) is 20.2. The Bertz CT molecular complexity index is 1450. The molecule has 1 saturated carbocycles. The van der Waals surface area contributed by atoms with Gasteiger partial charge in [0.25, 0.3) is 0 Å². The zero-order valence-corrected chi connectivity index (χ0v) is 23.4. The molecule has 11 heteroatoms. The zero-order chi connectivity index (χ0) is 30.0. The quantitative estimate of drug-likeness (QED) is 0.0941. The Labute approximate surface area is 244 Å². The Hall–Kier alpha value is -3.44. The molecule has 1 heterocycles. The number of amides is 1. The van der Waals surface area contributed by atoms with E-state index >= 15 is 0 Å². The summed E-state index contributed by atoms with van der Waals surface area (Å²) >= 11 is 0.317. The smallest absolute Gasteiger partial charge is 0.245 e. The Morgan fingerprint density at radius 1 is 0.881 bits per heavy atom. The van der Waals surface area contributed by atoms with Crippen molar-refractivity contribution in [3.05, 3.63) is 88.2 Å². The van der Waals surface area contributed by atoms with Crippen molar-refractivity contribution in [3.63, 3.8) is 0 Å². The Balaban J connectivity index is 1.44. The summed E-state index contributed by atoms with van der Waals surface area (Å²) in [6.45, 7) is 0.251. The number of phenolic OH excluding ortho intramolecular Hbond substituents is 1. The highest BCUT2D eigenvalue weighted by Crippen LogP contribution is 2.38. The first-order valence-corrected chi connectivity index (χ1v) is 14.6. The number of aromatic hydroxyl groups is 1. The summed E-state index contributed by atoms with van der Waals surface area (Å²) in [5.74, 6) is -10.6. The second kappa shape index (κ2) is 12.8. The van der Waals surface area contributed by atoms with Crippen LogP contribution >= 0.6 is 11.9 Å². The Morgan fingerprint density at radius 3 is 2.14 bits per heavy atom. The van der Waals surface area contributed by atoms with E-state index in [1.807, 2.05) is 24.3 Å². The maximum atomic E-state index is 14.5. The summed E-state index contributed by atoms with van der Waals surface area (Å²) in [5.41, 5.74) is 2.34. The van der Waals surface area contributed by atoms with Gasteiger partial charge in [-0.2, -0.15) is 0 Å². The maximum Gasteiger partial charge on any atom is 0.245 e. The van der Waals surface area contributed by atoms with E-state index < -0.39 is 45.9 Å². The van der Waals surface area contributed by atoms with Crippen molar-refractivity contribution in [1.29, 1.82) is 0 Å². The molecule has 0 bridgehead atoms. The normalized spacial score (nSPS) is 17.9. The first kappa shape index (κ1) is 30.0. The zero-order valence-electron chi connectivity index (χ0n) is 22.6. The molecule has 0 radical (unpaired) electrons. The lowest BCUT2D eigenvalue weighted by Gasteiger charge is -2.30. The number of halogens is 5. The van der Waals surface area contributed by atoms with Gasteiger partial charge in [0, 0.05) is 18.3 Å². The molecule has 1 N–H and O–H groups in total. The number of hydrogen-bond acceptors (Lipinski definition) is 5. The van der Waals surface area contributed by atoms with Crippen LogP contribution in [0, 0.1) is 29.1 Å². The van der Waals surface area contributed by atoms with Crippen molar-refractivity contribution in [1.82, 2.24) is 4.31 Å². The third-order valence-electron chi connectivity index (χ3n) is 7.98. The second-order valence-corrected chi connectivity index (χ2v) is 11.7. The number of hydrogen-bond donors (Lipinski definition) is 1. The van der Waals surface area contributed by atoms with Crippen LogP contribution < -0.4 is 4.90 Å². The van der Waals surface area contributed by atoms with Crippen LogP contribution in [0.25, 0.3) is 0 Å². The largest absolute Gasteiger partial charge is 0.507 e. The Kier molecular flexibility index (Phi) is 9.17. The number of benzene rings is 3. The molecule has 3 aromatic carbocycles. The minimum Gasteiger partial charge on any atom is -0.507 e. The molecule has 1 aliphatic heterocycles. The third-order valence-corrected chi connectivity index (χ3v) is 9.20. The number of carbonyl (C=O) groups excluding carboxylic acids is 2. The number of rotatable bonds is 8. The molecule has 2 aliphatic rings. The topological polar surface area (TPSA) is 60.9 Å². The lowest BCUT2D eigenvalue weighted by Crippen LogP contribution is -2.43. The standard InChI is InChI=1S/C31H29F5N2O3S/c32-25-26(33)28(35)30(29(36)27(25)34)42-38-14-4-7-23(38)31(41)37(22-13-12-21(17-39)24(40)15-22)16-18-8-10-20(11-9-18)19-5-2-1-3-6-19/h8-13,15,17,19,23,40H,1-7,14,16H2/t23-/m1/s1. The molecule has 1 aliphatic carbocycles. The molecule has 1 saturated heterocycles. The van der Waals surface area contributed by atoms with E-state index in [0.717, 1.165) is 18.4 Å². The van der Waals surface area contributed by atoms with Crippen molar-refractivity contribution in [2.45, 2.75) is 68.3 Å². The highest BCUT2D eigenvalue weighted by Gasteiger charge is 2.38. The van der Waals surface area contributed by atoms with Gasteiger partial charge in [-0.25, -0.2) is 26.3 Å². The summed E-state index contributed by atoms with van der Waals surface area (Å²) in [5, 5.41) is 10.3. The van der Waals surface area contributed by atoms with Crippen LogP contribution in [0.3, 0.4) is 0 Å². The summed E-state index contributed by atoms with van der Waals surface area (Å²) < 4.78 is 71.5. The minimum atomic E-state index is -2.25. The average Bonchev–Trinajstić information content (AvgIpc) is 3.48. The highest BCUT2D eigenvalue weighted by molar-refractivity contribution is 7.97. The number of nitrogens with zero attached hydrogens (tertiary/aromatic N) is 2. The van der Waals surface area contributed by atoms with Crippen LogP contribution in [-0.2, 0) is 11.3 Å². The molecular formula is C31H29F5N2O3S. The third kappa shape index (κ3) is 6.03. The van der Waals surface area contributed by atoms with Gasteiger partial charge in [0.15, 0.2) is 29.6 Å². The number of anilines is 1. The summed E-state index contributed by atoms with van der Waals surface area (Å²) in [7, 11) is 0. The number of carbonyl (C=O) groups is 2. The minimum absolute atomic E-state index is 0.0346. The monoisotopic (exact) mass is 604 g/mol. The fourth-order valence-corrected chi connectivity index (χ4v) is 6.79. The summed E-state index contributed by atoms with van der Waals surface area (Å²) in [6.07, 6.45) is 7.08. The van der Waals surface area contributed by atoms with Crippen molar-refractivity contribution in [2.24, 2.45) is 0 Å². The Morgan fingerprint density at radius 2 is 1.52 bits per heavy atom. The van der Waals surface area contributed by atoms with Crippen molar-refractivity contribution < 1.29 is 36.6 Å². The molecule has 42 heavy (non-hydrogen) atoms. The average molecular weight is 605 g/mol. The first-order valence-electron chi connectivity index (χ1n) is 13.8. The molecule has 5 rings (SSSR count). The number of aldehydes is 1. The highest BCUT2D eigenvalue weighted by atomic mass is 32.2. The molecule has 222 valence electrons. The van der Waals surface area contributed by atoms with E-state index in [1.165, 1.54) is 52.2 Å². The molecule has 2 fully saturated rings. The van der Waals surface area contributed by atoms with Crippen LogP contribution in [0.5, 0.6) is 5.75 Å². The van der Waals surface area contributed by atoms with Crippen LogP contribution in [-0.4, -0.2) is 34.2 Å². The second-order valence-electron chi connectivity index (χ2n) is 10.7. The van der Waals surface area contributed by atoms with Gasteiger partial charge >= 0.3 is 0 Å². The van der Waals surface area contributed by atoms with Crippen LogP contribution in [0.4, 0.5) is 27.6 Å². The van der Waals surface area contributed by atoms with Crippen molar-refractivity contribution in [3.8, 4) is 5.75 Å². The predicted octanol–water partition coefficient (Wildman–Crippen LogP) is 7.65. The van der Waals surface area contributed by atoms with Gasteiger partial charge in [0.2, 0.25) is 11.7 Å². The summed E-state index contributed by atoms with van der Waals surface area (Å²) in [4.78, 5) is 25.6. The maximum absolute atomic E-state index is 14.5. The molecule has 5 nitrogen and oxygen atoms in total. The SMILES string of the molecule is O=Cc1ccc(N(Cc2ccc(C3CCCCC3)cc2)C(=O)[C@H]2CCCN2Sc2c(F)c(F)c(F)c(F)c2F)cc1O. The number of phenols is 1. The van der Waals surface area contributed by atoms with E-state index in [2.05, 4.69) is 0 Å². The molecule has 1 atom stereocenters. The van der Waals surface area contributed by atoms with E-state index in [-0.39, 0.29) is 36.5 Å². The van der Waals surface area contributed by atoms with Gasteiger partial charge in [-0.3, -0.25) is 9.59 Å². The molecule has 0 spiro atoms. The molecule has 0 unspecified atom stereocenters. The molecule has 3 aromatic rings. The van der Waals surface area contributed by atoms with Gasteiger partial charge in [-0.05, 0) is 66.8 Å². The lowest BCUT2D eigenvalue weighted by atomic mass is 9.84. The van der Waals surface area contributed by atoms with Crippen molar-refractivity contribution >= 4 is 29.8 Å². The van der Waals surface area contributed by atoms with E-state index in [1.54, 1.807) is 0 Å². The van der Waals surface area contributed by atoms with E-state index in [9.17, 15) is 36.6 Å². The van der Waals surface area contributed by atoms with Crippen LogP contribution in [0.2, 0.25) is 0 Å². The summed E-state index contributed by atoms with van der Waals surface area (Å²) in [6, 6.07) is 11.2. The lowest BCUT2D eigenvalue weighted by molar-refractivity contribution is -0.121. The predicted molar refractivity (Wildman–Crippen MR) is 149 cm³/mol. The van der Waals surface area contributed by atoms with Crippen LogP contribution in [0.1, 0.15) is 72.3 Å². The van der Waals surface area contributed by atoms with Gasteiger partial charge in [0.05, 0.1) is 18.2 Å². The van der Waals surface area contributed by atoms with Crippen LogP contribution in [0.15, 0.2) is 47.4 Å².